The van der Waals surface area contributed by atoms with Gasteiger partial charge in [0.05, 0.1) is 6.04 Å². The molecule has 0 saturated carbocycles. The zero-order chi connectivity index (χ0) is 13.5. The standard InChI is InChI=1S/C14H20N4O/c1-18(9-6-10-19-2)13(14-15-11-16-17-14)12-7-4-3-5-8-12/h3-5,7-8,11,13H,6,9-10H2,1-2H3,(H,15,16,17)/t13-/m1/s1. The highest BCUT2D eigenvalue weighted by Crippen LogP contribution is 2.24. The van der Waals surface area contributed by atoms with Gasteiger partial charge in [0.2, 0.25) is 0 Å². The van der Waals surface area contributed by atoms with E-state index in [1.54, 1.807) is 13.4 Å². The van der Waals surface area contributed by atoms with Gasteiger partial charge >= 0.3 is 0 Å². The molecule has 0 spiro atoms. The molecule has 1 N–H and O–H groups in total. The molecule has 1 heterocycles. The Morgan fingerprint density at radius 3 is 2.74 bits per heavy atom. The van der Waals surface area contributed by atoms with Crippen molar-refractivity contribution in [3.8, 4) is 0 Å². The number of methoxy groups -OCH3 is 1. The van der Waals surface area contributed by atoms with Crippen LogP contribution in [0.1, 0.15) is 23.9 Å². The SMILES string of the molecule is COCCCN(C)[C@H](c1ccccc1)c1ncn[nH]1. The number of aromatic amines is 1. The molecule has 0 aliphatic carbocycles. The molecule has 5 nitrogen and oxygen atoms in total. The predicted molar refractivity (Wildman–Crippen MR) is 73.8 cm³/mol. The zero-order valence-corrected chi connectivity index (χ0v) is 11.4. The van der Waals surface area contributed by atoms with Gasteiger partial charge in [-0.3, -0.25) is 10.00 Å². The van der Waals surface area contributed by atoms with E-state index in [4.69, 9.17) is 4.74 Å². The molecule has 19 heavy (non-hydrogen) atoms. The van der Waals surface area contributed by atoms with Crippen LogP contribution in [0.25, 0.3) is 0 Å². The Kier molecular flexibility index (Phi) is 5.06. The average Bonchev–Trinajstić information content (AvgIpc) is 2.94. The smallest absolute Gasteiger partial charge is 0.146 e. The Bertz CT molecular complexity index is 458. The van der Waals surface area contributed by atoms with Gasteiger partial charge in [-0.15, -0.1) is 0 Å². The molecule has 0 bridgehead atoms. The Hall–Kier alpha value is -1.72. The van der Waals surface area contributed by atoms with Crippen LogP contribution in [0.5, 0.6) is 0 Å². The molecular weight excluding hydrogens is 240 g/mol. The topological polar surface area (TPSA) is 54.0 Å². The number of aromatic nitrogens is 3. The molecule has 0 fully saturated rings. The molecule has 0 aliphatic heterocycles. The lowest BCUT2D eigenvalue weighted by atomic mass is 10.0. The van der Waals surface area contributed by atoms with Crippen LogP contribution in [-0.4, -0.2) is 47.4 Å². The highest BCUT2D eigenvalue weighted by atomic mass is 16.5. The van der Waals surface area contributed by atoms with Crippen LogP contribution in [0.15, 0.2) is 36.7 Å². The fourth-order valence-electron chi connectivity index (χ4n) is 2.19. The van der Waals surface area contributed by atoms with Gasteiger partial charge in [-0.25, -0.2) is 4.98 Å². The summed E-state index contributed by atoms with van der Waals surface area (Å²) in [5.41, 5.74) is 1.21. The minimum absolute atomic E-state index is 0.0977. The van der Waals surface area contributed by atoms with Crippen molar-refractivity contribution in [2.75, 3.05) is 27.3 Å². The third-order valence-electron chi connectivity index (χ3n) is 3.11. The van der Waals surface area contributed by atoms with Gasteiger partial charge in [0.1, 0.15) is 12.2 Å². The van der Waals surface area contributed by atoms with Crippen molar-refractivity contribution in [3.05, 3.63) is 48.0 Å². The van der Waals surface area contributed by atoms with Gasteiger partial charge in [-0.1, -0.05) is 30.3 Å². The molecule has 2 rings (SSSR count). The maximum Gasteiger partial charge on any atom is 0.146 e. The molecule has 5 heteroatoms. The van der Waals surface area contributed by atoms with Crippen molar-refractivity contribution in [1.29, 1.82) is 0 Å². The highest BCUT2D eigenvalue weighted by Gasteiger charge is 2.21. The molecule has 0 amide bonds. The van der Waals surface area contributed by atoms with Gasteiger partial charge in [-0.2, -0.15) is 5.10 Å². The Balaban J connectivity index is 2.16. The van der Waals surface area contributed by atoms with Crippen molar-refractivity contribution in [1.82, 2.24) is 20.1 Å². The van der Waals surface area contributed by atoms with Crippen LogP contribution in [0.3, 0.4) is 0 Å². The Morgan fingerprint density at radius 1 is 1.32 bits per heavy atom. The number of rotatable bonds is 7. The van der Waals surface area contributed by atoms with Crippen molar-refractivity contribution in [3.63, 3.8) is 0 Å². The van der Waals surface area contributed by atoms with E-state index in [0.29, 0.717) is 0 Å². The minimum Gasteiger partial charge on any atom is -0.385 e. The lowest BCUT2D eigenvalue weighted by Crippen LogP contribution is -2.28. The minimum atomic E-state index is 0.0977. The van der Waals surface area contributed by atoms with Gasteiger partial charge in [-0.05, 0) is 19.0 Å². The molecule has 0 unspecified atom stereocenters. The summed E-state index contributed by atoms with van der Waals surface area (Å²) in [5, 5.41) is 6.93. The van der Waals surface area contributed by atoms with Crippen LogP contribution in [0, 0.1) is 0 Å². The van der Waals surface area contributed by atoms with Gasteiger partial charge in [0.25, 0.3) is 0 Å². The maximum atomic E-state index is 5.11. The third-order valence-corrected chi connectivity index (χ3v) is 3.11. The fraction of sp³-hybridized carbons (Fsp3) is 0.429. The fourth-order valence-corrected chi connectivity index (χ4v) is 2.19. The van der Waals surface area contributed by atoms with Crippen LogP contribution in [-0.2, 0) is 4.74 Å². The van der Waals surface area contributed by atoms with Crippen LogP contribution >= 0.6 is 0 Å². The van der Waals surface area contributed by atoms with Crippen molar-refractivity contribution >= 4 is 0 Å². The summed E-state index contributed by atoms with van der Waals surface area (Å²) < 4.78 is 5.11. The molecule has 2 aromatic rings. The van der Waals surface area contributed by atoms with Crippen LogP contribution in [0.2, 0.25) is 0 Å². The van der Waals surface area contributed by atoms with E-state index in [2.05, 4.69) is 39.3 Å². The molecule has 1 aromatic carbocycles. The number of hydrogen-bond acceptors (Lipinski definition) is 4. The van der Waals surface area contributed by atoms with Gasteiger partial charge < -0.3 is 4.74 Å². The first-order valence-electron chi connectivity index (χ1n) is 6.42. The summed E-state index contributed by atoms with van der Waals surface area (Å²) in [6.45, 7) is 1.70. The lowest BCUT2D eigenvalue weighted by Gasteiger charge is -2.26. The normalized spacial score (nSPS) is 12.8. The largest absolute Gasteiger partial charge is 0.385 e. The summed E-state index contributed by atoms with van der Waals surface area (Å²) in [6.07, 6.45) is 2.54. The molecule has 102 valence electrons. The van der Waals surface area contributed by atoms with E-state index >= 15 is 0 Å². The lowest BCUT2D eigenvalue weighted by molar-refractivity contribution is 0.170. The first-order chi connectivity index (χ1) is 9.33. The van der Waals surface area contributed by atoms with E-state index in [9.17, 15) is 0 Å². The van der Waals surface area contributed by atoms with E-state index in [1.807, 2.05) is 18.2 Å². The van der Waals surface area contributed by atoms with Crippen LogP contribution in [0.4, 0.5) is 0 Å². The van der Waals surface area contributed by atoms with Crippen molar-refractivity contribution in [2.24, 2.45) is 0 Å². The number of nitrogens with one attached hydrogen (secondary N) is 1. The number of nitrogens with zero attached hydrogens (tertiary/aromatic N) is 3. The summed E-state index contributed by atoms with van der Waals surface area (Å²) in [7, 11) is 3.82. The number of ether oxygens (including phenoxy) is 1. The predicted octanol–water partition coefficient (Wildman–Crippen LogP) is 1.86. The van der Waals surface area contributed by atoms with E-state index < -0.39 is 0 Å². The molecule has 0 radical (unpaired) electrons. The number of H-pyrrole nitrogens is 1. The second-order valence-electron chi connectivity index (χ2n) is 4.51. The maximum absolute atomic E-state index is 5.11. The van der Waals surface area contributed by atoms with E-state index in [-0.39, 0.29) is 6.04 Å². The first-order valence-corrected chi connectivity index (χ1v) is 6.42. The van der Waals surface area contributed by atoms with Crippen LogP contribution < -0.4 is 0 Å². The molecule has 0 aliphatic rings. The highest BCUT2D eigenvalue weighted by molar-refractivity contribution is 5.24. The molecule has 1 atom stereocenters. The number of benzene rings is 1. The summed E-state index contributed by atoms with van der Waals surface area (Å²) in [4.78, 5) is 6.56. The molecule has 0 saturated heterocycles. The monoisotopic (exact) mass is 260 g/mol. The van der Waals surface area contributed by atoms with Gasteiger partial charge in [0.15, 0.2) is 0 Å². The van der Waals surface area contributed by atoms with Crippen molar-refractivity contribution < 1.29 is 4.74 Å². The summed E-state index contributed by atoms with van der Waals surface area (Å²) in [5.74, 6) is 0.867. The summed E-state index contributed by atoms with van der Waals surface area (Å²) >= 11 is 0. The second kappa shape index (κ2) is 7.01. The third kappa shape index (κ3) is 3.62. The van der Waals surface area contributed by atoms with Gasteiger partial charge in [0, 0.05) is 20.3 Å². The first kappa shape index (κ1) is 13.7. The van der Waals surface area contributed by atoms with Crippen molar-refractivity contribution in [2.45, 2.75) is 12.5 Å². The molecular formula is C14H20N4O. The zero-order valence-electron chi connectivity index (χ0n) is 11.4. The Morgan fingerprint density at radius 2 is 2.11 bits per heavy atom. The average molecular weight is 260 g/mol. The van der Waals surface area contributed by atoms with E-state index in [0.717, 1.165) is 25.4 Å². The quantitative estimate of drug-likeness (QED) is 0.772. The molecule has 1 aromatic heterocycles. The Labute approximate surface area is 113 Å². The number of hydrogen-bond donors (Lipinski definition) is 1. The summed E-state index contributed by atoms with van der Waals surface area (Å²) in [6, 6.07) is 10.4. The van der Waals surface area contributed by atoms with E-state index in [1.165, 1.54) is 5.56 Å². The second-order valence-corrected chi connectivity index (χ2v) is 4.51.